The van der Waals surface area contributed by atoms with E-state index in [2.05, 4.69) is 48.7 Å². The summed E-state index contributed by atoms with van der Waals surface area (Å²) < 4.78 is 0. The fourth-order valence-corrected chi connectivity index (χ4v) is 3.01. The van der Waals surface area contributed by atoms with Crippen molar-refractivity contribution in [2.75, 3.05) is 13.1 Å². The molecule has 0 bridgehead atoms. The normalized spacial score (nSPS) is 21.9. The molecule has 1 fully saturated rings. The first-order valence-electron chi connectivity index (χ1n) is 7.77. The monoisotopic (exact) mass is 274 g/mol. The first-order valence-corrected chi connectivity index (χ1v) is 7.77. The number of hydrogen-bond donors (Lipinski definition) is 2. The summed E-state index contributed by atoms with van der Waals surface area (Å²) in [6.07, 6.45) is 4.04. The molecule has 3 nitrogen and oxygen atoms in total. The van der Waals surface area contributed by atoms with Crippen molar-refractivity contribution in [1.29, 1.82) is 0 Å². The molecule has 1 aliphatic rings. The molecule has 1 unspecified atom stereocenters. The molecule has 1 aromatic carbocycles. The third-order valence-corrected chi connectivity index (χ3v) is 4.34. The van der Waals surface area contributed by atoms with E-state index in [9.17, 15) is 4.79 Å². The third-order valence-electron chi connectivity index (χ3n) is 4.34. The molecule has 1 heterocycles. The quantitative estimate of drug-likeness (QED) is 0.837. The molecule has 1 atom stereocenters. The minimum absolute atomic E-state index is 0.182. The first kappa shape index (κ1) is 15.0. The average Bonchev–Trinajstić information content (AvgIpc) is 2.95. The van der Waals surface area contributed by atoms with Gasteiger partial charge in [-0.3, -0.25) is 4.79 Å². The summed E-state index contributed by atoms with van der Waals surface area (Å²) in [5, 5.41) is 6.46. The summed E-state index contributed by atoms with van der Waals surface area (Å²) in [5.41, 5.74) is 2.33. The topological polar surface area (TPSA) is 41.1 Å². The van der Waals surface area contributed by atoms with Gasteiger partial charge in [-0.2, -0.15) is 0 Å². The van der Waals surface area contributed by atoms with Gasteiger partial charge >= 0.3 is 0 Å². The Labute approximate surface area is 122 Å². The first-order chi connectivity index (χ1) is 9.70. The van der Waals surface area contributed by atoms with Crippen LogP contribution in [-0.2, 0) is 17.8 Å². The Kier molecular flexibility index (Phi) is 5.18. The van der Waals surface area contributed by atoms with E-state index in [0.29, 0.717) is 6.54 Å². The van der Waals surface area contributed by atoms with Gasteiger partial charge in [-0.05, 0) is 36.9 Å². The molecule has 0 aromatic heterocycles. The van der Waals surface area contributed by atoms with Gasteiger partial charge < -0.3 is 10.6 Å². The van der Waals surface area contributed by atoms with Crippen LogP contribution >= 0.6 is 0 Å². The van der Waals surface area contributed by atoms with Crippen LogP contribution in [0.25, 0.3) is 0 Å². The molecule has 1 saturated heterocycles. The number of hydrogen-bond acceptors (Lipinski definition) is 2. The molecular formula is C17H26N2O. The van der Waals surface area contributed by atoms with E-state index < -0.39 is 0 Å². The van der Waals surface area contributed by atoms with Crippen LogP contribution in [0.3, 0.4) is 0 Å². The average molecular weight is 274 g/mol. The lowest BCUT2D eigenvalue weighted by atomic mass is 9.81. The van der Waals surface area contributed by atoms with Gasteiger partial charge in [0.05, 0.1) is 5.41 Å². The van der Waals surface area contributed by atoms with Crippen molar-refractivity contribution < 1.29 is 4.79 Å². The lowest BCUT2D eigenvalue weighted by Crippen LogP contribution is -2.42. The number of benzene rings is 1. The van der Waals surface area contributed by atoms with E-state index >= 15 is 0 Å². The maximum Gasteiger partial charge on any atom is 0.227 e. The van der Waals surface area contributed by atoms with Crippen molar-refractivity contribution in [3.63, 3.8) is 0 Å². The molecule has 0 radical (unpaired) electrons. The van der Waals surface area contributed by atoms with E-state index in [1.165, 1.54) is 11.1 Å². The van der Waals surface area contributed by atoms with Crippen LogP contribution in [-0.4, -0.2) is 19.0 Å². The molecular weight excluding hydrogens is 248 g/mol. The van der Waals surface area contributed by atoms with Crippen molar-refractivity contribution >= 4 is 5.91 Å². The Bertz CT molecular complexity index is 433. The van der Waals surface area contributed by atoms with E-state index in [-0.39, 0.29) is 11.3 Å². The van der Waals surface area contributed by atoms with Crippen LogP contribution in [0.5, 0.6) is 0 Å². The van der Waals surface area contributed by atoms with Crippen LogP contribution in [0.2, 0.25) is 0 Å². The van der Waals surface area contributed by atoms with Gasteiger partial charge in [-0.1, -0.05) is 44.5 Å². The maximum absolute atomic E-state index is 12.5. The van der Waals surface area contributed by atoms with Crippen molar-refractivity contribution in [2.24, 2.45) is 5.41 Å². The second kappa shape index (κ2) is 6.89. The molecule has 0 saturated carbocycles. The second-order valence-corrected chi connectivity index (χ2v) is 5.81. The second-order valence-electron chi connectivity index (χ2n) is 5.81. The van der Waals surface area contributed by atoms with Gasteiger partial charge in [-0.25, -0.2) is 0 Å². The Morgan fingerprint density at radius 1 is 1.25 bits per heavy atom. The van der Waals surface area contributed by atoms with Crippen molar-refractivity contribution in [3.8, 4) is 0 Å². The molecule has 1 amide bonds. The summed E-state index contributed by atoms with van der Waals surface area (Å²) in [6.45, 7) is 6.71. The van der Waals surface area contributed by atoms with Gasteiger partial charge in [0.25, 0.3) is 0 Å². The van der Waals surface area contributed by atoms with E-state index in [1.54, 1.807) is 0 Å². The van der Waals surface area contributed by atoms with Gasteiger partial charge in [0.15, 0.2) is 0 Å². The predicted molar refractivity (Wildman–Crippen MR) is 82.5 cm³/mol. The number of rotatable bonds is 6. The number of nitrogens with one attached hydrogen (secondary N) is 2. The third kappa shape index (κ3) is 3.40. The largest absolute Gasteiger partial charge is 0.352 e. The van der Waals surface area contributed by atoms with Gasteiger partial charge in [0, 0.05) is 13.1 Å². The molecule has 1 aliphatic heterocycles. The van der Waals surface area contributed by atoms with Crippen LogP contribution < -0.4 is 10.6 Å². The smallest absolute Gasteiger partial charge is 0.227 e. The van der Waals surface area contributed by atoms with Crippen LogP contribution in [0.1, 0.15) is 44.2 Å². The Morgan fingerprint density at radius 2 is 1.95 bits per heavy atom. The van der Waals surface area contributed by atoms with Crippen LogP contribution in [0.4, 0.5) is 0 Å². The molecule has 2 N–H and O–H groups in total. The molecule has 0 aliphatic carbocycles. The van der Waals surface area contributed by atoms with Crippen LogP contribution in [0, 0.1) is 5.41 Å². The maximum atomic E-state index is 12.5. The molecule has 110 valence electrons. The zero-order chi connectivity index (χ0) is 14.4. The zero-order valence-electron chi connectivity index (χ0n) is 12.7. The highest BCUT2D eigenvalue weighted by molar-refractivity contribution is 5.83. The standard InChI is InChI=1S/C17H26N2O/c1-3-9-17(10-11-18-13-17)16(20)19-12-15-7-5-14(4-2)6-8-15/h5-8,18H,3-4,9-13H2,1-2H3,(H,19,20). The van der Waals surface area contributed by atoms with E-state index in [1.807, 2.05) is 0 Å². The van der Waals surface area contributed by atoms with Crippen molar-refractivity contribution in [2.45, 2.75) is 46.1 Å². The minimum atomic E-state index is -0.182. The van der Waals surface area contributed by atoms with Gasteiger partial charge in [0.2, 0.25) is 5.91 Å². The molecule has 1 aromatic rings. The fourth-order valence-electron chi connectivity index (χ4n) is 3.01. The molecule has 20 heavy (non-hydrogen) atoms. The van der Waals surface area contributed by atoms with E-state index in [4.69, 9.17) is 0 Å². The number of aryl methyl sites for hydroxylation is 1. The van der Waals surface area contributed by atoms with Crippen LogP contribution in [0.15, 0.2) is 24.3 Å². The van der Waals surface area contributed by atoms with Gasteiger partial charge in [-0.15, -0.1) is 0 Å². The van der Waals surface area contributed by atoms with Crippen molar-refractivity contribution in [3.05, 3.63) is 35.4 Å². The summed E-state index contributed by atoms with van der Waals surface area (Å²) in [5.74, 6) is 0.212. The highest BCUT2D eigenvalue weighted by atomic mass is 16.2. The molecule has 2 rings (SSSR count). The Balaban J connectivity index is 1.93. The van der Waals surface area contributed by atoms with Crippen molar-refractivity contribution in [1.82, 2.24) is 10.6 Å². The molecule has 0 spiro atoms. The Hall–Kier alpha value is -1.35. The number of carbonyl (C=O) groups is 1. The lowest BCUT2D eigenvalue weighted by Gasteiger charge is -2.26. The number of amides is 1. The number of carbonyl (C=O) groups excluding carboxylic acids is 1. The fraction of sp³-hybridized carbons (Fsp3) is 0.588. The lowest BCUT2D eigenvalue weighted by molar-refractivity contribution is -0.130. The SMILES string of the molecule is CCCC1(C(=O)NCc2ccc(CC)cc2)CCNC1. The predicted octanol–water partition coefficient (Wildman–Crippen LogP) is 2.65. The highest BCUT2D eigenvalue weighted by Crippen LogP contribution is 2.31. The Morgan fingerprint density at radius 3 is 2.50 bits per heavy atom. The molecule has 3 heteroatoms. The minimum Gasteiger partial charge on any atom is -0.352 e. The summed E-state index contributed by atoms with van der Waals surface area (Å²) >= 11 is 0. The zero-order valence-corrected chi connectivity index (χ0v) is 12.7. The summed E-state index contributed by atoms with van der Waals surface area (Å²) in [6, 6.07) is 8.50. The van der Waals surface area contributed by atoms with Gasteiger partial charge in [0.1, 0.15) is 0 Å². The summed E-state index contributed by atoms with van der Waals surface area (Å²) in [4.78, 5) is 12.5. The highest BCUT2D eigenvalue weighted by Gasteiger charge is 2.39. The summed E-state index contributed by atoms with van der Waals surface area (Å²) in [7, 11) is 0. The van der Waals surface area contributed by atoms with E-state index in [0.717, 1.165) is 38.8 Å².